The van der Waals surface area contributed by atoms with E-state index in [0.29, 0.717) is 6.54 Å². The Hall–Kier alpha value is -2.66. The normalized spacial score (nSPS) is 11.5. The highest BCUT2D eigenvalue weighted by Gasteiger charge is 2.16. The lowest BCUT2D eigenvalue weighted by Crippen LogP contribution is -1.96. The fraction of sp³-hybridized carbons (Fsp3) is 0.176. The molecule has 0 aliphatic rings. The van der Waals surface area contributed by atoms with E-state index in [0.717, 1.165) is 34.8 Å². The van der Waals surface area contributed by atoms with E-state index in [1.165, 1.54) is 5.52 Å². The lowest BCUT2D eigenvalue weighted by Gasteiger charge is -2.02. The molecular formula is C17H17N5. The van der Waals surface area contributed by atoms with E-state index >= 15 is 0 Å². The van der Waals surface area contributed by atoms with Gasteiger partial charge in [-0.05, 0) is 30.7 Å². The zero-order chi connectivity index (χ0) is 15.1. The number of nitrogens with zero attached hydrogens (tertiary/aromatic N) is 4. The molecule has 0 radical (unpaired) electrons. The number of rotatable bonds is 3. The smallest absolute Gasteiger partial charge is 0.236 e. The van der Waals surface area contributed by atoms with E-state index < -0.39 is 0 Å². The minimum atomic E-state index is 0.520. The number of para-hydroxylation sites is 2. The van der Waals surface area contributed by atoms with Crippen molar-refractivity contribution in [2.75, 3.05) is 0 Å². The van der Waals surface area contributed by atoms with Crippen LogP contribution in [-0.4, -0.2) is 19.2 Å². The second-order valence-electron chi connectivity index (χ2n) is 5.30. The van der Waals surface area contributed by atoms with Gasteiger partial charge in [0, 0.05) is 18.7 Å². The number of hydrogen-bond acceptors (Lipinski definition) is 3. The Labute approximate surface area is 128 Å². The van der Waals surface area contributed by atoms with E-state index in [-0.39, 0.29) is 0 Å². The van der Waals surface area contributed by atoms with Crippen molar-refractivity contribution in [1.82, 2.24) is 19.2 Å². The maximum Gasteiger partial charge on any atom is 0.236 e. The summed E-state index contributed by atoms with van der Waals surface area (Å²) < 4.78 is 4.30. The Morgan fingerprint density at radius 1 is 1.00 bits per heavy atom. The number of aromatic nitrogens is 4. The van der Waals surface area contributed by atoms with Crippen LogP contribution in [0.1, 0.15) is 12.5 Å². The summed E-state index contributed by atoms with van der Waals surface area (Å²) in [5, 5.41) is 8.81. The molecule has 110 valence electrons. The third-order valence-electron chi connectivity index (χ3n) is 4.04. The van der Waals surface area contributed by atoms with Gasteiger partial charge in [-0.3, -0.25) is 4.40 Å². The first-order valence-corrected chi connectivity index (χ1v) is 7.45. The fourth-order valence-electron chi connectivity index (χ4n) is 3.00. The van der Waals surface area contributed by atoms with Crippen molar-refractivity contribution in [2.45, 2.75) is 20.0 Å². The van der Waals surface area contributed by atoms with Crippen molar-refractivity contribution in [1.29, 1.82) is 0 Å². The molecule has 2 heterocycles. The van der Waals surface area contributed by atoms with Crippen molar-refractivity contribution in [3.8, 4) is 11.4 Å². The maximum absolute atomic E-state index is 5.75. The number of benzene rings is 2. The molecule has 0 spiro atoms. The number of imidazole rings is 1. The summed E-state index contributed by atoms with van der Waals surface area (Å²) in [7, 11) is 0. The van der Waals surface area contributed by atoms with Crippen LogP contribution < -0.4 is 5.73 Å². The Kier molecular flexibility index (Phi) is 2.94. The van der Waals surface area contributed by atoms with Crippen LogP contribution in [0.25, 0.3) is 28.2 Å². The first-order valence-electron chi connectivity index (χ1n) is 7.45. The summed E-state index contributed by atoms with van der Waals surface area (Å²) in [6.45, 7) is 3.50. The fourth-order valence-corrected chi connectivity index (χ4v) is 3.00. The predicted octanol–water partition coefficient (Wildman–Crippen LogP) is 2.83. The van der Waals surface area contributed by atoms with Gasteiger partial charge in [0.15, 0.2) is 5.82 Å². The van der Waals surface area contributed by atoms with Crippen LogP contribution in [0.4, 0.5) is 0 Å². The topological polar surface area (TPSA) is 61.1 Å². The van der Waals surface area contributed by atoms with E-state index in [1.807, 2.05) is 24.3 Å². The second-order valence-corrected chi connectivity index (χ2v) is 5.30. The highest BCUT2D eigenvalue weighted by Crippen LogP contribution is 2.26. The summed E-state index contributed by atoms with van der Waals surface area (Å²) >= 11 is 0. The third kappa shape index (κ3) is 1.76. The molecule has 4 rings (SSSR count). The molecule has 5 nitrogen and oxygen atoms in total. The molecule has 0 atom stereocenters. The standard InChI is InChI=1S/C17H17N5/c1-2-21-14-8-3-4-9-15(14)22-16(19-20-17(21)22)13-7-5-6-12(10-13)11-18/h3-10H,2,11,18H2,1H3. The molecule has 2 aromatic carbocycles. The Morgan fingerprint density at radius 2 is 1.82 bits per heavy atom. The van der Waals surface area contributed by atoms with Gasteiger partial charge in [-0.2, -0.15) is 0 Å². The van der Waals surface area contributed by atoms with E-state index in [1.54, 1.807) is 0 Å². The molecule has 0 bridgehead atoms. The van der Waals surface area contributed by atoms with Gasteiger partial charge in [0.2, 0.25) is 5.78 Å². The van der Waals surface area contributed by atoms with Crippen molar-refractivity contribution in [2.24, 2.45) is 5.73 Å². The van der Waals surface area contributed by atoms with Crippen LogP contribution in [0.5, 0.6) is 0 Å². The number of fused-ring (bicyclic) bond motifs is 3. The largest absolute Gasteiger partial charge is 0.326 e. The van der Waals surface area contributed by atoms with Gasteiger partial charge >= 0.3 is 0 Å². The lowest BCUT2D eigenvalue weighted by molar-refractivity contribution is 0.803. The minimum absolute atomic E-state index is 0.520. The average molecular weight is 291 g/mol. The molecule has 2 N–H and O–H groups in total. The summed E-state index contributed by atoms with van der Waals surface area (Å²) in [5.74, 6) is 1.73. The highest BCUT2D eigenvalue weighted by molar-refractivity contribution is 5.83. The minimum Gasteiger partial charge on any atom is -0.326 e. The van der Waals surface area contributed by atoms with Crippen LogP contribution >= 0.6 is 0 Å². The molecular weight excluding hydrogens is 274 g/mol. The number of hydrogen-bond donors (Lipinski definition) is 1. The molecule has 22 heavy (non-hydrogen) atoms. The Morgan fingerprint density at radius 3 is 2.59 bits per heavy atom. The first-order chi connectivity index (χ1) is 10.8. The summed E-state index contributed by atoms with van der Waals surface area (Å²) in [4.78, 5) is 0. The molecule has 0 aliphatic carbocycles. The zero-order valence-corrected chi connectivity index (χ0v) is 12.4. The quantitative estimate of drug-likeness (QED) is 0.631. The first kappa shape index (κ1) is 13.0. The van der Waals surface area contributed by atoms with Crippen LogP contribution in [0, 0.1) is 0 Å². The Balaban J connectivity index is 2.07. The second kappa shape index (κ2) is 4.96. The molecule has 0 saturated carbocycles. The molecule has 0 unspecified atom stereocenters. The SMILES string of the molecule is CCn1c2ccccc2n2c(-c3cccc(CN)c3)nnc12. The van der Waals surface area contributed by atoms with E-state index in [4.69, 9.17) is 5.73 Å². The molecule has 4 aromatic rings. The Bertz CT molecular complexity index is 964. The van der Waals surface area contributed by atoms with Crippen LogP contribution in [-0.2, 0) is 13.1 Å². The van der Waals surface area contributed by atoms with E-state index in [9.17, 15) is 0 Å². The number of nitrogens with two attached hydrogens (primary N) is 1. The summed E-state index contributed by atoms with van der Waals surface area (Å²) in [6, 6.07) is 16.5. The van der Waals surface area contributed by atoms with Gasteiger partial charge in [-0.15, -0.1) is 10.2 Å². The maximum atomic E-state index is 5.75. The average Bonchev–Trinajstić information content (AvgIpc) is 3.12. The summed E-state index contributed by atoms with van der Waals surface area (Å²) in [5.41, 5.74) is 10.2. The van der Waals surface area contributed by atoms with Crippen molar-refractivity contribution in [3.63, 3.8) is 0 Å². The summed E-state index contributed by atoms with van der Waals surface area (Å²) in [6.07, 6.45) is 0. The molecule has 5 heteroatoms. The molecule has 0 amide bonds. The van der Waals surface area contributed by atoms with Gasteiger partial charge in [0.05, 0.1) is 11.0 Å². The van der Waals surface area contributed by atoms with Gasteiger partial charge < -0.3 is 10.3 Å². The van der Waals surface area contributed by atoms with Gasteiger partial charge in [-0.25, -0.2) is 0 Å². The van der Waals surface area contributed by atoms with Crippen molar-refractivity contribution in [3.05, 3.63) is 54.1 Å². The van der Waals surface area contributed by atoms with E-state index in [2.05, 4.69) is 50.4 Å². The predicted molar refractivity (Wildman–Crippen MR) is 87.5 cm³/mol. The van der Waals surface area contributed by atoms with Crippen LogP contribution in [0.2, 0.25) is 0 Å². The van der Waals surface area contributed by atoms with Crippen molar-refractivity contribution < 1.29 is 0 Å². The van der Waals surface area contributed by atoms with Gasteiger partial charge in [-0.1, -0.05) is 30.3 Å². The zero-order valence-electron chi connectivity index (χ0n) is 12.4. The van der Waals surface area contributed by atoms with Crippen molar-refractivity contribution >= 4 is 16.8 Å². The lowest BCUT2D eigenvalue weighted by atomic mass is 10.1. The number of aryl methyl sites for hydroxylation is 1. The highest BCUT2D eigenvalue weighted by atomic mass is 15.3. The van der Waals surface area contributed by atoms with Crippen LogP contribution in [0.3, 0.4) is 0 Å². The molecule has 2 aromatic heterocycles. The molecule has 0 aliphatic heterocycles. The van der Waals surface area contributed by atoms with Crippen LogP contribution in [0.15, 0.2) is 48.5 Å². The molecule has 0 fully saturated rings. The van der Waals surface area contributed by atoms with Gasteiger partial charge in [0.1, 0.15) is 0 Å². The van der Waals surface area contributed by atoms with Gasteiger partial charge in [0.25, 0.3) is 0 Å². The third-order valence-corrected chi connectivity index (χ3v) is 4.04. The molecule has 0 saturated heterocycles. The monoisotopic (exact) mass is 291 g/mol.